The van der Waals surface area contributed by atoms with Gasteiger partial charge in [0.15, 0.2) is 0 Å². The molecular formula is C9H9F3N2O2. The Morgan fingerprint density at radius 1 is 1.44 bits per heavy atom. The van der Waals surface area contributed by atoms with Crippen LogP contribution in [0.3, 0.4) is 0 Å². The molecule has 4 nitrogen and oxygen atoms in total. The maximum Gasteiger partial charge on any atom is 0.405 e. The van der Waals surface area contributed by atoms with Gasteiger partial charge in [0.05, 0.1) is 5.56 Å². The number of rotatable bonds is 2. The van der Waals surface area contributed by atoms with Crippen molar-refractivity contribution in [2.75, 3.05) is 12.3 Å². The summed E-state index contributed by atoms with van der Waals surface area (Å²) in [5.41, 5.74) is 5.18. The van der Waals surface area contributed by atoms with E-state index in [0.717, 1.165) is 6.07 Å². The first-order valence-electron chi connectivity index (χ1n) is 4.23. The molecule has 0 aliphatic heterocycles. The molecule has 0 aromatic heterocycles. The van der Waals surface area contributed by atoms with E-state index < -0.39 is 18.6 Å². The van der Waals surface area contributed by atoms with Gasteiger partial charge in [-0.05, 0) is 18.2 Å². The summed E-state index contributed by atoms with van der Waals surface area (Å²) >= 11 is 0. The Bertz CT molecular complexity index is 404. The van der Waals surface area contributed by atoms with Gasteiger partial charge in [0, 0.05) is 5.69 Å². The van der Waals surface area contributed by atoms with Crippen molar-refractivity contribution in [2.24, 2.45) is 0 Å². The molecule has 0 aliphatic carbocycles. The second-order valence-electron chi connectivity index (χ2n) is 3.07. The number of alkyl halides is 3. The van der Waals surface area contributed by atoms with Gasteiger partial charge in [0.2, 0.25) is 0 Å². The fourth-order valence-electron chi connectivity index (χ4n) is 1.02. The van der Waals surface area contributed by atoms with Crippen LogP contribution in [-0.4, -0.2) is 23.7 Å². The molecule has 1 rings (SSSR count). The number of anilines is 1. The van der Waals surface area contributed by atoms with Crippen molar-refractivity contribution in [1.82, 2.24) is 5.32 Å². The zero-order valence-corrected chi connectivity index (χ0v) is 8.01. The first-order valence-corrected chi connectivity index (χ1v) is 4.23. The van der Waals surface area contributed by atoms with E-state index in [4.69, 9.17) is 10.8 Å². The number of carbonyl (C=O) groups excluding carboxylic acids is 1. The molecule has 0 aliphatic rings. The molecule has 0 radical (unpaired) electrons. The maximum absolute atomic E-state index is 11.8. The summed E-state index contributed by atoms with van der Waals surface area (Å²) in [5, 5.41) is 10.7. The Morgan fingerprint density at radius 3 is 2.62 bits per heavy atom. The fourth-order valence-corrected chi connectivity index (χ4v) is 1.02. The van der Waals surface area contributed by atoms with Crippen molar-refractivity contribution < 1.29 is 23.1 Å². The van der Waals surface area contributed by atoms with Crippen molar-refractivity contribution in [1.29, 1.82) is 0 Å². The van der Waals surface area contributed by atoms with E-state index in [1.165, 1.54) is 12.1 Å². The molecule has 0 atom stereocenters. The second-order valence-corrected chi connectivity index (χ2v) is 3.07. The zero-order chi connectivity index (χ0) is 12.3. The summed E-state index contributed by atoms with van der Waals surface area (Å²) in [5.74, 6) is -1.22. The van der Waals surface area contributed by atoms with Gasteiger partial charge in [-0.25, -0.2) is 0 Å². The van der Waals surface area contributed by atoms with E-state index in [1.807, 2.05) is 0 Å². The quantitative estimate of drug-likeness (QED) is 0.532. The molecule has 16 heavy (non-hydrogen) atoms. The number of benzene rings is 1. The number of phenols is 1. The number of aromatic hydroxyl groups is 1. The summed E-state index contributed by atoms with van der Waals surface area (Å²) < 4.78 is 35.4. The van der Waals surface area contributed by atoms with Crippen molar-refractivity contribution in [2.45, 2.75) is 6.18 Å². The van der Waals surface area contributed by atoms with Crippen LogP contribution < -0.4 is 11.1 Å². The van der Waals surface area contributed by atoms with E-state index in [9.17, 15) is 18.0 Å². The Labute approximate surface area is 88.9 Å². The molecule has 4 N–H and O–H groups in total. The zero-order valence-electron chi connectivity index (χ0n) is 8.01. The van der Waals surface area contributed by atoms with Gasteiger partial charge >= 0.3 is 6.18 Å². The highest BCUT2D eigenvalue weighted by Crippen LogP contribution is 2.19. The molecular weight excluding hydrogens is 225 g/mol. The molecule has 1 aromatic carbocycles. The molecule has 0 heterocycles. The van der Waals surface area contributed by atoms with Crippen LogP contribution >= 0.6 is 0 Å². The van der Waals surface area contributed by atoms with Crippen LogP contribution in [0.25, 0.3) is 0 Å². The second kappa shape index (κ2) is 4.30. The summed E-state index contributed by atoms with van der Waals surface area (Å²) in [6, 6.07) is 3.47. The van der Waals surface area contributed by atoms with Gasteiger partial charge in [-0.1, -0.05) is 0 Å². The largest absolute Gasteiger partial charge is 0.508 e. The van der Waals surface area contributed by atoms with Crippen molar-refractivity contribution in [3.05, 3.63) is 23.8 Å². The average Bonchev–Trinajstić information content (AvgIpc) is 2.17. The average molecular weight is 234 g/mol. The van der Waals surface area contributed by atoms with Gasteiger partial charge < -0.3 is 16.2 Å². The third kappa shape index (κ3) is 3.34. The number of nitrogens with two attached hydrogens (primary N) is 1. The molecule has 0 saturated heterocycles. The van der Waals surface area contributed by atoms with Gasteiger partial charge in [0.1, 0.15) is 12.3 Å². The third-order valence-corrected chi connectivity index (χ3v) is 1.73. The molecule has 0 spiro atoms. The fraction of sp³-hybridized carbons (Fsp3) is 0.222. The summed E-state index contributed by atoms with van der Waals surface area (Å²) in [6.45, 7) is -1.44. The lowest BCUT2D eigenvalue weighted by atomic mass is 10.1. The number of hydrogen-bond acceptors (Lipinski definition) is 3. The van der Waals surface area contributed by atoms with E-state index >= 15 is 0 Å². The smallest absolute Gasteiger partial charge is 0.405 e. The van der Waals surface area contributed by atoms with Gasteiger partial charge in [-0.2, -0.15) is 13.2 Å². The number of phenolic OH excluding ortho intramolecular Hbond substituents is 1. The lowest BCUT2D eigenvalue weighted by molar-refractivity contribution is -0.123. The van der Waals surface area contributed by atoms with E-state index in [1.54, 1.807) is 5.32 Å². The molecule has 88 valence electrons. The molecule has 1 aromatic rings. The first kappa shape index (κ1) is 12.2. The number of halogens is 3. The topological polar surface area (TPSA) is 75.3 Å². The molecule has 0 bridgehead atoms. The Hall–Kier alpha value is -1.92. The monoisotopic (exact) mass is 234 g/mol. The SMILES string of the molecule is Nc1ccc(O)cc1C(=O)NCC(F)(F)F. The van der Waals surface area contributed by atoms with E-state index in [-0.39, 0.29) is 17.0 Å². The highest BCUT2D eigenvalue weighted by molar-refractivity contribution is 5.99. The number of amides is 1. The molecule has 7 heteroatoms. The highest BCUT2D eigenvalue weighted by Gasteiger charge is 2.28. The van der Waals surface area contributed by atoms with Crippen LogP contribution in [0.2, 0.25) is 0 Å². The standard InChI is InChI=1S/C9H9F3N2O2/c10-9(11,12)4-14-8(16)6-3-5(15)1-2-7(6)13/h1-3,15H,4,13H2,(H,14,16). The first-order chi connectivity index (χ1) is 7.29. The Balaban J connectivity index is 2.77. The maximum atomic E-state index is 11.8. The van der Waals surface area contributed by atoms with Gasteiger partial charge in [0.25, 0.3) is 5.91 Å². The summed E-state index contributed by atoms with van der Waals surface area (Å²) in [4.78, 5) is 11.3. The molecule has 0 fully saturated rings. The molecule has 0 unspecified atom stereocenters. The van der Waals surface area contributed by atoms with Crippen LogP contribution in [-0.2, 0) is 0 Å². The highest BCUT2D eigenvalue weighted by atomic mass is 19.4. The lowest BCUT2D eigenvalue weighted by Crippen LogP contribution is -2.34. The predicted molar refractivity (Wildman–Crippen MR) is 50.9 cm³/mol. The summed E-state index contributed by atoms with van der Waals surface area (Å²) in [7, 11) is 0. The van der Waals surface area contributed by atoms with Crippen molar-refractivity contribution in [3.63, 3.8) is 0 Å². The molecule has 1 amide bonds. The Kier molecular flexibility index (Phi) is 3.26. The van der Waals surface area contributed by atoms with Crippen LogP contribution in [0.1, 0.15) is 10.4 Å². The minimum absolute atomic E-state index is 0.00234. The van der Waals surface area contributed by atoms with Gasteiger partial charge in [-0.3, -0.25) is 4.79 Å². The molecule has 0 saturated carbocycles. The number of nitrogen functional groups attached to an aromatic ring is 1. The Morgan fingerprint density at radius 2 is 2.06 bits per heavy atom. The lowest BCUT2D eigenvalue weighted by Gasteiger charge is -2.09. The number of carbonyl (C=O) groups is 1. The van der Waals surface area contributed by atoms with Crippen molar-refractivity contribution >= 4 is 11.6 Å². The van der Waals surface area contributed by atoms with Crippen molar-refractivity contribution in [3.8, 4) is 5.75 Å². The van der Waals surface area contributed by atoms with E-state index in [0.29, 0.717) is 0 Å². The number of nitrogens with one attached hydrogen (secondary N) is 1. The van der Waals surface area contributed by atoms with Crippen LogP contribution in [0, 0.1) is 0 Å². The van der Waals surface area contributed by atoms with E-state index in [2.05, 4.69) is 0 Å². The third-order valence-electron chi connectivity index (χ3n) is 1.73. The number of hydrogen-bond donors (Lipinski definition) is 3. The minimum Gasteiger partial charge on any atom is -0.508 e. The normalized spacial score (nSPS) is 11.2. The van der Waals surface area contributed by atoms with Crippen LogP contribution in [0.15, 0.2) is 18.2 Å². The van der Waals surface area contributed by atoms with Gasteiger partial charge in [-0.15, -0.1) is 0 Å². The van der Waals surface area contributed by atoms with Crippen LogP contribution in [0.5, 0.6) is 5.75 Å². The summed E-state index contributed by atoms with van der Waals surface area (Å²) in [6.07, 6.45) is -4.48. The predicted octanol–water partition coefficient (Wildman–Crippen LogP) is 1.27. The minimum atomic E-state index is -4.48. The van der Waals surface area contributed by atoms with Crippen LogP contribution in [0.4, 0.5) is 18.9 Å².